The zero-order valence-corrected chi connectivity index (χ0v) is 13.5. The Labute approximate surface area is 124 Å². The molecule has 0 atom stereocenters. The lowest BCUT2D eigenvalue weighted by molar-refractivity contribution is -0.133. The number of carbonyl (C=O) groups excluding carboxylic acids is 1. The fourth-order valence-corrected chi connectivity index (χ4v) is 2.87. The van der Waals surface area contributed by atoms with Gasteiger partial charge >= 0.3 is 0 Å². The fourth-order valence-electron chi connectivity index (χ4n) is 2.87. The maximum absolute atomic E-state index is 12.1. The number of ether oxygens (including phenoxy) is 1. The molecule has 20 heavy (non-hydrogen) atoms. The highest BCUT2D eigenvalue weighted by atomic mass is 16.5. The van der Waals surface area contributed by atoms with E-state index in [1.807, 2.05) is 18.9 Å². The van der Waals surface area contributed by atoms with Crippen molar-refractivity contribution >= 4 is 5.91 Å². The summed E-state index contributed by atoms with van der Waals surface area (Å²) in [5, 5.41) is 3.59. The van der Waals surface area contributed by atoms with Gasteiger partial charge in [-0.15, -0.1) is 0 Å². The van der Waals surface area contributed by atoms with Gasteiger partial charge in [-0.05, 0) is 52.0 Å². The molecule has 1 rings (SSSR count). The molecule has 1 aliphatic carbocycles. The van der Waals surface area contributed by atoms with Crippen LogP contribution < -0.4 is 5.32 Å². The molecule has 0 spiro atoms. The molecule has 0 aromatic rings. The standard InChI is InChI=1S/C16H32N2O2/c1-4-12-17-14-8-10-15(11-9-14)18(3)16(19)7-6-13-20-5-2/h14-15,17H,4-13H2,1-3H3. The van der Waals surface area contributed by atoms with Crippen molar-refractivity contribution in [3.05, 3.63) is 0 Å². The third-order valence-electron chi connectivity index (χ3n) is 4.20. The minimum Gasteiger partial charge on any atom is -0.382 e. The number of carbonyl (C=O) groups is 1. The number of nitrogens with one attached hydrogen (secondary N) is 1. The van der Waals surface area contributed by atoms with Gasteiger partial charge < -0.3 is 15.0 Å². The van der Waals surface area contributed by atoms with Gasteiger partial charge in [0.15, 0.2) is 0 Å². The molecule has 1 saturated carbocycles. The van der Waals surface area contributed by atoms with Crippen LogP contribution in [0.25, 0.3) is 0 Å². The van der Waals surface area contributed by atoms with Gasteiger partial charge in [-0.1, -0.05) is 6.92 Å². The fraction of sp³-hybridized carbons (Fsp3) is 0.938. The van der Waals surface area contributed by atoms with Gasteiger partial charge in [0.1, 0.15) is 0 Å². The van der Waals surface area contributed by atoms with E-state index in [1.165, 1.54) is 19.3 Å². The van der Waals surface area contributed by atoms with Gasteiger partial charge in [-0.3, -0.25) is 4.79 Å². The molecule has 118 valence electrons. The first kappa shape index (κ1) is 17.4. The predicted molar refractivity (Wildman–Crippen MR) is 82.8 cm³/mol. The van der Waals surface area contributed by atoms with Gasteiger partial charge in [0.2, 0.25) is 5.91 Å². The Bertz CT molecular complexity index is 263. The topological polar surface area (TPSA) is 41.6 Å². The first-order valence-electron chi connectivity index (χ1n) is 8.25. The largest absolute Gasteiger partial charge is 0.382 e. The average Bonchev–Trinajstić information content (AvgIpc) is 2.49. The molecule has 0 bridgehead atoms. The quantitative estimate of drug-likeness (QED) is 0.662. The normalized spacial score (nSPS) is 22.8. The van der Waals surface area contributed by atoms with Gasteiger partial charge in [0, 0.05) is 38.8 Å². The van der Waals surface area contributed by atoms with Crippen molar-refractivity contribution in [1.29, 1.82) is 0 Å². The summed E-state index contributed by atoms with van der Waals surface area (Å²) in [7, 11) is 1.97. The SMILES string of the molecule is CCCNC1CCC(N(C)C(=O)CCCOCC)CC1. The van der Waals surface area contributed by atoms with Gasteiger partial charge in [0.05, 0.1) is 0 Å². The van der Waals surface area contributed by atoms with E-state index in [0.29, 0.717) is 25.1 Å². The average molecular weight is 284 g/mol. The van der Waals surface area contributed by atoms with Crippen LogP contribution in [0, 0.1) is 0 Å². The minimum absolute atomic E-state index is 0.273. The van der Waals surface area contributed by atoms with Gasteiger partial charge in [0.25, 0.3) is 0 Å². The molecule has 0 aromatic carbocycles. The summed E-state index contributed by atoms with van der Waals surface area (Å²) in [5.41, 5.74) is 0. The van der Waals surface area contributed by atoms with E-state index < -0.39 is 0 Å². The van der Waals surface area contributed by atoms with Crippen LogP contribution in [0.3, 0.4) is 0 Å². The molecule has 0 saturated heterocycles. The lowest BCUT2D eigenvalue weighted by atomic mass is 9.90. The predicted octanol–water partition coefficient (Wildman–Crippen LogP) is 2.57. The first-order chi connectivity index (χ1) is 9.69. The summed E-state index contributed by atoms with van der Waals surface area (Å²) in [6.07, 6.45) is 7.31. The molecule has 4 nitrogen and oxygen atoms in total. The molecule has 1 fully saturated rings. The first-order valence-corrected chi connectivity index (χ1v) is 8.25. The summed E-state index contributed by atoms with van der Waals surface area (Å²) < 4.78 is 5.28. The number of amides is 1. The van der Waals surface area contributed by atoms with Crippen molar-refractivity contribution in [3.63, 3.8) is 0 Å². The van der Waals surface area contributed by atoms with E-state index in [4.69, 9.17) is 4.74 Å². The lowest BCUT2D eigenvalue weighted by Gasteiger charge is -2.35. The number of hydrogen-bond acceptors (Lipinski definition) is 3. The third-order valence-corrected chi connectivity index (χ3v) is 4.20. The van der Waals surface area contributed by atoms with E-state index in [1.54, 1.807) is 0 Å². The smallest absolute Gasteiger partial charge is 0.222 e. The van der Waals surface area contributed by atoms with Crippen LogP contribution in [0.5, 0.6) is 0 Å². The summed E-state index contributed by atoms with van der Waals surface area (Å²) >= 11 is 0. The van der Waals surface area contributed by atoms with Crippen molar-refractivity contribution in [2.75, 3.05) is 26.8 Å². The third kappa shape index (κ3) is 6.23. The van der Waals surface area contributed by atoms with Crippen molar-refractivity contribution in [2.24, 2.45) is 0 Å². The summed E-state index contributed by atoms with van der Waals surface area (Å²) in [6.45, 7) is 6.73. The van der Waals surface area contributed by atoms with E-state index in [2.05, 4.69) is 12.2 Å². The molecular formula is C16H32N2O2. The monoisotopic (exact) mass is 284 g/mol. The summed E-state index contributed by atoms with van der Waals surface area (Å²) in [4.78, 5) is 14.1. The summed E-state index contributed by atoms with van der Waals surface area (Å²) in [5.74, 6) is 0.273. The second-order valence-electron chi connectivity index (χ2n) is 5.76. The van der Waals surface area contributed by atoms with E-state index in [9.17, 15) is 4.79 Å². The maximum atomic E-state index is 12.1. The Morgan fingerprint density at radius 3 is 2.55 bits per heavy atom. The van der Waals surface area contributed by atoms with Crippen LogP contribution in [-0.4, -0.2) is 49.7 Å². The zero-order chi connectivity index (χ0) is 14.8. The van der Waals surface area contributed by atoms with E-state index in [0.717, 1.165) is 32.4 Å². The van der Waals surface area contributed by atoms with Crippen molar-refractivity contribution < 1.29 is 9.53 Å². The van der Waals surface area contributed by atoms with Crippen LogP contribution in [0.2, 0.25) is 0 Å². The molecule has 4 heteroatoms. The second kappa shape index (κ2) is 10.2. The molecule has 0 unspecified atom stereocenters. The van der Waals surface area contributed by atoms with Crippen LogP contribution >= 0.6 is 0 Å². The van der Waals surface area contributed by atoms with Crippen molar-refractivity contribution in [1.82, 2.24) is 10.2 Å². The van der Waals surface area contributed by atoms with Gasteiger partial charge in [-0.25, -0.2) is 0 Å². The Morgan fingerprint density at radius 1 is 1.25 bits per heavy atom. The number of hydrogen-bond donors (Lipinski definition) is 1. The lowest BCUT2D eigenvalue weighted by Crippen LogP contribution is -2.43. The minimum atomic E-state index is 0.273. The molecule has 1 N–H and O–H groups in total. The Kier molecular flexibility index (Phi) is 8.86. The zero-order valence-electron chi connectivity index (χ0n) is 13.5. The highest BCUT2D eigenvalue weighted by molar-refractivity contribution is 5.76. The second-order valence-corrected chi connectivity index (χ2v) is 5.76. The van der Waals surface area contributed by atoms with Crippen molar-refractivity contribution in [2.45, 2.75) is 70.9 Å². The van der Waals surface area contributed by atoms with Crippen LogP contribution in [0.1, 0.15) is 58.8 Å². The molecular weight excluding hydrogens is 252 g/mol. The van der Waals surface area contributed by atoms with Crippen LogP contribution in [0.4, 0.5) is 0 Å². The van der Waals surface area contributed by atoms with Gasteiger partial charge in [-0.2, -0.15) is 0 Å². The molecule has 1 aliphatic rings. The maximum Gasteiger partial charge on any atom is 0.222 e. The summed E-state index contributed by atoms with van der Waals surface area (Å²) in [6, 6.07) is 1.10. The molecule has 1 amide bonds. The van der Waals surface area contributed by atoms with Crippen LogP contribution in [-0.2, 0) is 9.53 Å². The van der Waals surface area contributed by atoms with Crippen molar-refractivity contribution in [3.8, 4) is 0 Å². The molecule has 0 heterocycles. The Morgan fingerprint density at radius 2 is 1.95 bits per heavy atom. The van der Waals surface area contributed by atoms with E-state index in [-0.39, 0.29) is 5.91 Å². The highest BCUT2D eigenvalue weighted by Crippen LogP contribution is 2.23. The number of nitrogens with zero attached hydrogens (tertiary/aromatic N) is 1. The molecule has 0 radical (unpaired) electrons. The number of rotatable bonds is 9. The Balaban J connectivity index is 2.20. The molecule has 0 aliphatic heterocycles. The molecule has 0 aromatic heterocycles. The highest BCUT2D eigenvalue weighted by Gasteiger charge is 2.25. The van der Waals surface area contributed by atoms with E-state index >= 15 is 0 Å². The Hall–Kier alpha value is -0.610. The van der Waals surface area contributed by atoms with Crippen LogP contribution in [0.15, 0.2) is 0 Å².